The molecule has 1 aromatic heterocycles. The van der Waals surface area contributed by atoms with Crippen LogP contribution >= 0.6 is 11.6 Å². The van der Waals surface area contributed by atoms with Crippen molar-refractivity contribution >= 4 is 34.9 Å². The Kier molecular flexibility index (Phi) is 5.05. The van der Waals surface area contributed by atoms with E-state index in [0.29, 0.717) is 27.7 Å². The third kappa shape index (κ3) is 3.33. The number of aliphatic hydroxyl groups excluding tert-OH is 1. The molecule has 1 saturated heterocycles. The van der Waals surface area contributed by atoms with Gasteiger partial charge < -0.3 is 14.4 Å². The van der Waals surface area contributed by atoms with Crippen LogP contribution < -0.4 is 9.64 Å². The smallest absolute Gasteiger partial charge is 0.301 e. The van der Waals surface area contributed by atoms with E-state index in [-0.39, 0.29) is 17.2 Å². The summed E-state index contributed by atoms with van der Waals surface area (Å²) in [5, 5.41) is 15.4. The molecule has 4 rings (SSSR count). The lowest BCUT2D eigenvalue weighted by Crippen LogP contribution is -2.29. The van der Waals surface area contributed by atoms with Gasteiger partial charge in [0.15, 0.2) is 5.82 Å². The Balaban J connectivity index is 1.94. The number of anilines is 1. The molecule has 0 radical (unpaired) electrons. The van der Waals surface area contributed by atoms with Gasteiger partial charge in [-0.05, 0) is 36.8 Å². The Hall–Kier alpha value is -3.58. The maximum Gasteiger partial charge on any atom is 0.301 e. The van der Waals surface area contributed by atoms with Crippen LogP contribution in [-0.2, 0) is 9.59 Å². The summed E-state index contributed by atoms with van der Waals surface area (Å²) in [6.07, 6.45) is 0. The molecule has 1 atom stereocenters. The van der Waals surface area contributed by atoms with Crippen LogP contribution in [0.4, 0.5) is 5.82 Å². The topological polar surface area (TPSA) is 92.9 Å². The fourth-order valence-electron chi connectivity index (χ4n) is 3.42. The number of carbonyl (C=O) groups is 2. The van der Waals surface area contributed by atoms with Gasteiger partial charge in [0.25, 0.3) is 5.78 Å². The second-order valence-electron chi connectivity index (χ2n) is 6.75. The molecule has 8 heteroatoms. The number of methoxy groups -OCH3 is 1. The number of Topliss-reactive ketones (excluding diaryl/α,β-unsaturated/α-hetero) is 1. The van der Waals surface area contributed by atoms with Crippen molar-refractivity contribution in [1.82, 2.24) is 5.16 Å². The lowest BCUT2D eigenvalue weighted by molar-refractivity contribution is -0.132. The summed E-state index contributed by atoms with van der Waals surface area (Å²) in [5.41, 5.74) is 0.877. The molecule has 1 fully saturated rings. The zero-order valence-electron chi connectivity index (χ0n) is 16.1. The first-order chi connectivity index (χ1) is 14.4. The Bertz CT molecular complexity index is 1170. The number of ether oxygens (including phenoxy) is 1. The van der Waals surface area contributed by atoms with Gasteiger partial charge in [0, 0.05) is 16.7 Å². The molecule has 0 aliphatic carbocycles. The van der Waals surface area contributed by atoms with E-state index in [4.69, 9.17) is 20.9 Å². The highest BCUT2D eigenvalue weighted by atomic mass is 35.5. The third-order valence-electron chi connectivity index (χ3n) is 4.84. The highest BCUT2D eigenvalue weighted by molar-refractivity contribution is 6.51. The van der Waals surface area contributed by atoms with E-state index in [1.165, 1.54) is 12.0 Å². The number of nitrogens with zero attached hydrogens (tertiary/aromatic N) is 2. The van der Waals surface area contributed by atoms with Crippen molar-refractivity contribution in [3.63, 3.8) is 0 Å². The molecule has 7 nitrogen and oxygen atoms in total. The first-order valence-electron chi connectivity index (χ1n) is 9.05. The average molecular weight is 425 g/mol. The summed E-state index contributed by atoms with van der Waals surface area (Å²) >= 11 is 6.01. The van der Waals surface area contributed by atoms with Gasteiger partial charge >= 0.3 is 5.91 Å². The minimum absolute atomic E-state index is 0.0590. The SMILES string of the molecule is COc1cccc(C(O)=C2C(=O)C(=O)N(c3cc(C)on3)C2c2ccc(Cl)cc2)c1. The zero-order valence-corrected chi connectivity index (χ0v) is 16.9. The van der Waals surface area contributed by atoms with E-state index >= 15 is 0 Å². The summed E-state index contributed by atoms with van der Waals surface area (Å²) in [6, 6.07) is 13.9. The fourth-order valence-corrected chi connectivity index (χ4v) is 3.55. The molecule has 1 unspecified atom stereocenters. The first-order valence-corrected chi connectivity index (χ1v) is 9.42. The van der Waals surface area contributed by atoms with Crippen molar-refractivity contribution in [3.05, 3.63) is 82.1 Å². The molecule has 2 heterocycles. The quantitative estimate of drug-likeness (QED) is 0.382. The number of ketones is 1. The number of halogens is 1. The molecular weight excluding hydrogens is 408 g/mol. The first kappa shape index (κ1) is 19.7. The molecule has 0 bridgehead atoms. The lowest BCUT2D eigenvalue weighted by Gasteiger charge is -2.22. The third-order valence-corrected chi connectivity index (χ3v) is 5.09. The van der Waals surface area contributed by atoms with Crippen LogP contribution in [0, 0.1) is 6.92 Å². The lowest BCUT2D eigenvalue weighted by atomic mass is 9.95. The molecule has 0 saturated carbocycles. The summed E-state index contributed by atoms with van der Waals surface area (Å²) in [7, 11) is 1.50. The van der Waals surface area contributed by atoms with Crippen molar-refractivity contribution in [3.8, 4) is 5.75 Å². The van der Waals surface area contributed by atoms with Crippen LogP contribution in [0.3, 0.4) is 0 Å². The number of rotatable bonds is 4. The average Bonchev–Trinajstić information content (AvgIpc) is 3.29. The maximum absolute atomic E-state index is 13.0. The van der Waals surface area contributed by atoms with Crippen LogP contribution in [0.1, 0.15) is 22.9 Å². The molecule has 30 heavy (non-hydrogen) atoms. The highest BCUT2D eigenvalue weighted by Gasteiger charge is 2.48. The molecular formula is C22H17ClN2O5. The summed E-state index contributed by atoms with van der Waals surface area (Å²) in [4.78, 5) is 27.1. The fraction of sp³-hybridized carbons (Fsp3) is 0.136. The van der Waals surface area contributed by atoms with Gasteiger partial charge in [-0.2, -0.15) is 0 Å². The molecule has 2 aromatic carbocycles. The van der Waals surface area contributed by atoms with Gasteiger partial charge in [-0.25, -0.2) is 0 Å². The zero-order chi connectivity index (χ0) is 21.4. The number of hydrogen-bond acceptors (Lipinski definition) is 6. The van der Waals surface area contributed by atoms with Crippen molar-refractivity contribution in [1.29, 1.82) is 0 Å². The summed E-state index contributed by atoms with van der Waals surface area (Å²) < 4.78 is 10.3. The van der Waals surface area contributed by atoms with E-state index in [1.807, 2.05) is 0 Å². The van der Waals surface area contributed by atoms with Crippen molar-refractivity contribution in [2.75, 3.05) is 12.0 Å². The number of benzene rings is 2. The number of carbonyl (C=O) groups excluding carboxylic acids is 2. The van der Waals surface area contributed by atoms with Crippen molar-refractivity contribution in [2.45, 2.75) is 13.0 Å². The normalized spacial score (nSPS) is 18.1. The second-order valence-corrected chi connectivity index (χ2v) is 7.18. The van der Waals surface area contributed by atoms with E-state index in [2.05, 4.69) is 5.16 Å². The predicted octanol–water partition coefficient (Wildman–Crippen LogP) is 4.27. The summed E-state index contributed by atoms with van der Waals surface area (Å²) in [6.45, 7) is 1.68. The van der Waals surface area contributed by atoms with Crippen LogP contribution in [-0.4, -0.2) is 29.1 Å². The van der Waals surface area contributed by atoms with Crippen LogP contribution in [0.15, 0.2) is 64.7 Å². The predicted molar refractivity (Wildman–Crippen MR) is 110 cm³/mol. The monoisotopic (exact) mass is 424 g/mol. The van der Waals surface area contributed by atoms with E-state index in [0.717, 1.165) is 0 Å². The van der Waals surface area contributed by atoms with Crippen molar-refractivity contribution < 1.29 is 24.0 Å². The van der Waals surface area contributed by atoms with Crippen LogP contribution in [0.25, 0.3) is 5.76 Å². The number of hydrogen-bond donors (Lipinski definition) is 1. The van der Waals surface area contributed by atoms with Crippen molar-refractivity contribution in [2.24, 2.45) is 0 Å². The number of amides is 1. The Morgan fingerprint density at radius 3 is 2.53 bits per heavy atom. The van der Waals surface area contributed by atoms with Gasteiger partial charge in [0.1, 0.15) is 17.3 Å². The molecule has 1 aliphatic heterocycles. The minimum Gasteiger partial charge on any atom is -0.507 e. The Morgan fingerprint density at radius 2 is 1.90 bits per heavy atom. The number of aryl methyl sites for hydroxylation is 1. The van der Waals surface area contributed by atoms with Crippen LogP contribution in [0.2, 0.25) is 5.02 Å². The summed E-state index contributed by atoms with van der Waals surface area (Å²) in [5.74, 6) is -0.782. The van der Waals surface area contributed by atoms with Gasteiger partial charge in [-0.15, -0.1) is 0 Å². The Labute approximate surface area is 177 Å². The van der Waals surface area contributed by atoms with E-state index < -0.39 is 17.7 Å². The molecule has 3 aromatic rings. The second kappa shape index (κ2) is 7.68. The van der Waals surface area contributed by atoms with Gasteiger partial charge in [0.05, 0.1) is 18.7 Å². The standard InChI is InChI=1S/C22H17ClN2O5/c1-12-10-17(24-30-12)25-19(13-6-8-15(23)9-7-13)18(21(27)22(25)28)20(26)14-4-3-5-16(11-14)29-2/h3-11,19,26H,1-2H3. The largest absolute Gasteiger partial charge is 0.507 e. The van der Waals surface area contributed by atoms with Gasteiger partial charge in [0.2, 0.25) is 0 Å². The van der Waals surface area contributed by atoms with E-state index in [1.54, 1.807) is 61.5 Å². The van der Waals surface area contributed by atoms with Gasteiger partial charge in [-0.3, -0.25) is 14.5 Å². The molecule has 1 N–H and O–H groups in total. The molecule has 0 spiro atoms. The minimum atomic E-state index is -0.905. The Morgan fingerprint density at radius 1 is 1.17 bits per heavy atom. The van der Waals surface area contributed by atoms with Crippen LogP contribution in [0.5, 0.6) is 5.75 Å². The van der Waals surface area contributed by atoms with Gasteiger partial charge in [-0.1, -0.05) is 41.0 Å². The number of aromatic nitrogens is 1. The number of aliphatic hydroxyl groups is 1. The molecule has 1 amide bonds. The molecule has 1 aliphatic rings. The van der Waals surface area contributed by atoms with E-state index in [9.17, 15) is 14.7 Å². The molecule has 152 valence electrons. The maximum atomic E-state index is 13.0. The highest BCUT2D eigenvalue weighted by Crippen LogP contribution is 2.42.